The first-order valence-corrected chi connectivity index (χ1v) is 24.6. The number of rotatable bonds is 27. The van der Waals surface area contributed by atoms with Gasteiger partial charge in [0.2, 0.25) is 0 Å². The summed E-state index contributed by atoms with van der Waals surface area (Å²) in [6, 6.07) is 35.6. The van der Waals surface area contributed by atoms with Crippen molar-refractivity contribution in [2.45, 2.75) is 127 Å². The third-order valence-electron chi connectivity index (χ3n) is 12.0. The molecule has 2 heterocycles. The number of carbonyl (C=O) groups excluding carboxylic acids is 5. The van der Waals surface area contributed by atoms with Crippen molar-refractivity contribution in [1.82, 2.24) is 4.90 Å². The van der Waals surface area contributed by atoms with Gasteiger partial charge in [0, 0.05) is 38.5 Å². The number of nitrogens with zero attached hydrogens (tertiary/aromatic N) is 4. The van der Waals surface area contributed by atoms with E-state index in [1.165, 1.54) is 6.92 Å². The van der Waals surface area contributed by atoms with Gasteiger partial charge in [-0.15, -0.1) is 0 Å². The second-order valence-corrected chi connectivity index (χ2v) is 17.5. The molecule has 0 aromatic heterocycles. The zero-order valence-corrected chi connectivity index (χ0v) is 42.1. The van der Waals surface area contributed by atoms with E-state index in [4.69, 9.17) is 52.1 Å². The fourth-order valence-electron chi connectivity index (χ4n) is 8.30. The van der Waals surface area contributed by atoms with E-state index in [1.54, 1.807) is 59.5 Å². The van der Waals surface area contributed by atoms with Crippen LogP contribution in [0.4, 0.5) is 4.79 Å². The number of unbranched alkanes of at least 4 members (excludes halogenated alkanes) is 2. The topological polar surface area (TPSA) is 259 Å². The Balaban J connectivity index is 1.25. The lowest BCUT2D eigenvalue weighted by molar-refractivity contribution is -0.350. The summed E-state index contributed by atoms with van der Waals surface area (Å²) in [6.45, 7) is 2.19. The molecule has 0 bridgehead atoms. The molecule has 2 saturated heterocycles. The summed E-state index contributed by atoms with van der Waals surface area (Å²) in [5.41, 5.74) is 13.2. The van der Waals surface area contributed by atoms with Crippen molar-refractivity contribution in [3.8, 4) is 0 Å². The quantitative estimate of drug-likeness (QED) is 0.0163. The predicted molar refractivity (Wildman–Crippen MR) is 264 cm³/mol. The average Bonchev–Trinajstić information content (AvgIpc) is 3.41. The van der Waals surface area contributed by atoms with E-state index < -0.39 is 97.9 Å². The van der Waals surface area contributed by atoms with Crippen LogP contribution in [0.15, 0.2) is 126 Å². The fourth-order valence-corrected chi connectivity index (χ4v) is 8.30. The highest BCUT2D eigenvalue weighted by molar-refractivity contribution is 5.75. The van der Waals surface area contributed by atoms with Gasteiger partial charge in [0.15, 0.2) is 24.8 Å². The minimum Gasteiger partial charge on any atom is -0.467 e. The number of hydrogen-bond acceptors (Lipinski definition) is 18. The third kappa shape index (κ3) is 18.1. The molecule has 0 radical (unpaired) electrons. The summed E-state index contributed by atoms with van der Waals surface area (Å²) in [4.78, 5) is 68.8. The Morgan fingerprint density at radius 1 is 0.640 bits per heavy atom. The van der Waals surface area contributed by atoms with Gasteiger partial charge in [-0.05, 0) is 47.0 Å². The molecule has 402 valence electrons. The van der Waals surface area contributed by atoms with Gasteiger partial charge in [-0.2, -0.15) is 0 Å². The van der Waals surface area contributed by atoms with Crippen LogP contribution in [-0.2, 0) is 97.6 Å². The number of aliphatic hydroxyl groups excluding tert-OH is 1. The maximum atomic E-state index is 13.4. The number of aliphatic hydroxyl groups is 1. The number of amides is 1. The third-order valence-corrected chi connectivity index (χ3v) is 12.0. The Bertz CT molecular complexity index is 2440. The van der Waals surface area contributed by atoms with E-state index in [0.717, 1.165) is 25.2 Å². The van der Waals surface area contributed by atoms with Gasteiger partial charge < -0.3 is 62.1 Å². The summed E-state index contributed by atoms with van der Waals surface area (Å²) in [5, 5.41) is 15.7. The van der Waals surface area contributed by atoms with Crippen LogP contribution >= 0.6 is 0 Å². The van der Waals surface area contributed by atoms with Crippen LogP contribution in [-0.4, -0.2) is 135 Å². The van der Waals surface area contributed by atoms with Crippen LogP contribution in [0.25, 0.3) is 10.4 Å². The Kier molecular flexibility index (Phi) is 23.3. The Morgan fingerprint density at radius 2 is 1.23 bits per heavy atom. The van der Waals surface area contributed by atoms with Crippen molar-refractivity contribution in [2.24, 2.45) is 5.11 Å². The van der Waals surface area contributed by atoms with E-state index in [1.807, 2.05) is 66.7 Å². The molecule has 1 amide bonds. The lowest BCUT2D eigenvalue weighted by Crippen LogP contribution is -2.66. The van der Waals surface area contributed by atoms with Crippen molar-refractivity contribution >= 4 is 30.0 Å². The molecular formula is C54H64N4O17. The van der Waals surface area contributed by atoms with Crippen LogP contribution in [0.2, 0.25) is 0 Å². The average molecular weight is 1040 g/mol. The zero-order valence-electron chi connectivity index (χ0n) is 42.1. The first kappa shape index (κ1) is 57.3. The first-order chi connectivity index (χ1) is 36.4. The number of carbonyl (C=O) groups is 5. The molecule has 21 nitrogen and oxygen atoms in total. The summed E-state index contributed by atoms with van der Waals surface area (Å²) in [7, 11) is 1.09. The molecule has 0 spiro atoms. The zero-order chi connectivity index (χ0) is 53.4. The van der Waals surface area contributed by atoms with Gasteiger partial charge >= 0.3 is 30.0 Å². The van der Waals surface area contributed by atoms with E-state index in [9.17, 15) is 34.6 Å². The molecule has 75 heavy (non-hydrogen) atoms. The highest BCUT2D eigenvalue weighted by Crippen LogP contribution is 2.35. The van der Waals surface area contributed by atoms with Gasteiger partial charge in [-0.3, -0.25) is 14.4 Å². The number of esters is 4. The number of methoxy groups -OCH3 is 1. The van der Waals surface area contributed by atoms with Crippen LogP contribution in [0.3, 0.4) is 0 Å². The van der Waals surface area contributed by atoms with E-state index in [0.29, 0.717) is 43.5 Å². The number of azide groups is 1. The van der Waals surface area contributed by atoms with Gasteiger partial charge in [0.25, 0.3) is 0 Å². The molecule has 6 rings (SSSR count). The maximum Gasteiger partial charge on any atom is 0.410 e. The van der Waals surface area contributed by atoms with Crippen LogP contribution in [0.1, 0.15) is 61.8 Å². The molecule has 4 aromatic carbocycles. The van der Waals surface area contributed by atoms with Crippen LogP contribution < -0.4 is 0 Å². The van der Waals surface area contributed by atoms with Crippen molar-refractivity contribution in [3.63, 3.8) is 0 Å². The van der Waals surface area contributed by atoms with Gasteiger partial charge in [0.1, 0.15) is 56.4 Å². The normalized spacial score (nSPS) is 23.1. The van der Waals surface area contributed by atoms with Crippen molar-refractivity contribution in [1.29, 1.82) is 0 Å². The van der Waals surface area contributed by atoms with Crippen LogP contribution in [0, 0.1) is 0 Å². The number of benzene rings is 4. The standard InChI is InChI=1S/C54H64N4O17/c1-36(59)66-30-27-43(61)68-35-42-46(74-53-50(72-37(2)60)48(45(62)49(75-53)51(63)65-3)70-33-40-23-13-6-14-24-40)47(69-32-39-21-11-5-12-22-39)44(56-57-55)52(73-42)67-29-18-8-17-28-58(31-38-19-9-4-10-20-38)54(64)71-34-41-25-15-7-16-26-41/h4-7,9-16,19-26,42,44-50,52-53,62H,8,17-18,27-35H2,1-3H3. The number of ether oxygens (including phenoxy) is 11. The summed E-state index contributed by atoms with van der Waals surface area (Å²) in [6.07, 6.45) is -12.9. The van der Waals surface area contributed by atoms with Crippen molar-refractivity contribution in [3.05, 3.63) is 154 Å². The molecule has 10 atom stereocenters. The molecule has 0 saturated carbocycles. The van der Waals surface area contributed by atoms with Gasteiger partial charge in [0.05, 0.1) is 26.7 Å². The van der Waals surface area contributed by atoms with E-state index >= 15 is 0 Å². The summed E-state index contributed by atoms with van der Waals surface area (Å²) in [5.74, 6) is -3.21. The lowest BCUT2D eigenvalue weighted by atomic mass is 9.95. The molecular weight excluding hydrogens is 977 g/mol. The van der Waals surface area contributed by atoms with Crippen molar-refractivity contribution in [2.75, 3.05) is 33.5 Å². The van der Waals surface area contributed by atoms with Gasteiger partial charge in [-0.25, -0.2) is 9.59 Å². The minimum atomic E-state index is -1.75. The fraction of sp³-hybridized carbons (Fsp3) is 0.463. The second-order valence-electron chi connectivity index (χ2n) is 17.5. The summed E-state index contributed by atoms with van der Waals surface area (Å²) >= 11 is 0. The molecule has 21 heteroatoms. The highest BCUT2D eigenvalue weighted by atomic mass is 16.8. The molecule has 2 fully saturated rings. The maximum absolute atomic E-state index is 13.4. The largest absolute Gasteiger partial charge is 0.467 e. The molecule has 2 aliphatic heterocycles. The smallest absolute Gasteiger partial charge is 0.410 e. The lowest BCUT2D eigenvalue weighted by Gasteiger charge is -2.48. The molecule has 0 aliphatic carbocycles. The Hall–Kier alpha value is -6.94. The molecule has 1 N–H and O–H groups in total. The first-order valence-electron chi connectivity index (χ1n) is 24.6. The molecule has 2 aliphatic rings. The van der Waals surface area contributed by atoms with E-state index in [-0.39, 0.29) is 39.5 Å². The monoisotopic (exact) mass is 1040 g/mol. The summed E-state index contributed by atoms with van der Waals surface area (Å²) < 4.78 is 65.4. The van der Waals surface area contributed by atoms with Crippen molar-refractivity contribution < 1.29 is 81.2 Å². The predicted octanol–water partition coefficient (Wildman–Crippen LogP) is 6.66. The minimum absolute atomic E-state index is 0.0600. The van der Waals surface area contributed by atoms with Gasteiger partial charge in [-0.1, -0.05) is 126 Å². The Morgan fingerprint density at radius 3 is 1.80 bits per heavy atom. The van der Waals surface area contributed by atoms with E-state index in [2.05, 4.69) is 10.0 Å². The highest BCUT2D eigenvalue weighted by Gasteiger charge is 2.56. The molecule has 4 aromatic rings. The molecule has 10 unspecified atom stereocenters. The van der Waals surface area contributed by atoms with Crippen LogP contribution in [0.5, 0.6) is 0 Å². The SMILES string of the molecule is COC(=O)C1OC(OC2C(COC(=O)CCOC(C)=O)OC(OCCCCCN(Cc3ccccc3)C(=O)OCc3ccccc3)C(N=[N+]=[N-])C2OCc2ccccc2)C(OC(C)=O)C(OCc2ccccc2)C1O. The number of hydrogen-bond donors (Lipinski definition) is 1. The Labute approximate surface area is 434 Å². The second kappa shape index (κ2) is 30.4.